The molecule has 0 unspecified atom stereocenters. The van der Waals surface area contributed by atoms with Crippen molar-refractivity contribution in [3.8, 4) is 16.9 Å². The van der Waals surface area contributed by atoms with E-state index in [1.165, 1.54) is 22.3 Å². The summed E-state index contributed by atoms with van der Waals surface area (Å²) in [5.74, 6) is 0.297. The Hall–Kier alpha value is -3.32. The number of phenols is 1. The SMILES string of the molecule is Oc1cccc(-c2cc(Cc3ccccc3)cc(Cc3ccccc3)c2)c1. The molecule has 0 spiro atoms. The Labute approximate surface area is 160 Å². The summed E-state index contributed by atoms with van der Waals surface area (Å²) in [7, 11) is 0. The monoisotopic (exact) mass is 350 g/mol. The van der Waals surface area contributed by atoms with E-state index in [-0.39, 0.29) is 0 Å². The normalized spacial score (nSPS) is 10.7. The molecular formula is C26H22O. The average molecular weight is 350 g/mol. The molecule has 1 heteroatoms. The summed E-state index contributed by atoms with van der Waals surface area (Å²) in [6.45, 7) is 0. The third kappa shape index (κ3) is 4.45. The maximum Gasteiger partial charge on any atom is 0.116 e. The molecule has 0 amide bonds. The van der Waals surface area contributed by atoms with E-state index in [0.29, 0.717) is 5.75 Å². The molecule has 0 bridgehead atoms. The molecule has 0 saturated heterocycles. The fourth-order valence-electron chi connectivity index (χ4n) is 3.48. The number of aromatic hydroxyl groups is 1. The molecule has 0 aliphatic heterocycles. The van der Waals surface area contributed by atoms with E-state index in [9.17, 15) is 5.11 Å². The number of phenolic OH excluding ortho intramolecular Hbond substituents is 1. The van der Waals surface area contributed by atoms with Gasteiger partial charge in [0.15, 0.2) is 0 Å². The quantitative estimate of drug-likeness (QED) is 0.451. The maximum atomic E-state index is 9.88. The van der Waals surface area contributed by atoms with Gasteiger partial charge in [-0.25, -0.2) is 0 Å². The Morgan fingerprint density at radius 2 is 1.00 bits per heavy atom. The smallest absolute Gasteiger partial charge is 0.116 e. The molecule has 0 aromatic heterocycles. The van der Waals surface area contributed by atoms with Crippen LogP contribution in [0.15, 0.2) is 103 Å². The van der Waals surface area contributed by atoms with E-state index in [4.69, 9.17) is 0 Å². The fourth-order valence-corrected chi connectivity index (χ4v) is 3.48. The van der Waals surface area contributed by atoms with Crippen LogP contribution in [0.4, 0.5) is 0 Å². The van der Waals surface area contributed by atoms with Crippen LogP contribution < -0.4 is 0 Å². The van der Waals surface area contributed by atoms with Crippen molar-refractivity contribution in [2.24, 2.45) is 0 Å². The van der Waals surface area contributed by atoms with Gasteiger partial charge in [-0.2, -0.15) is 0 Å². The Morgan fingerprint density at radius 3 is 1.52 bits per heavy atom. The lowest BCUT2D eigenvalue weighted by molar-refractivity contribution is 0.475. The molecule has 0 aliphatic rings. The van der Waals surface area contributed by atoms with Crippen LogP contribution >= 0.6 is 0 Å². The molecule has 0 heterocycles. The fraction of sp³-hybridized carbons (Fsp3) is 0.0769. The zero-order valence-corrected chi connectivity index (χ0v) is 15.2. The molecule has 0 saturated carbocycles. The number of benzene rings is 4. The summed E-state index contributed by atoms with van der Waals surface area (Å²) < 4.78 is 0. The predicted molar refractivity (Wildman–Crippen MR) is 112 cm³/mol. The summed E-state index contributed by atoms with van der Waals surface area (Å²) in [5, 5.41) is 9.88. The van der Waals surface area contributed by atoms with Crippen LogP contribution in [0.2, 0.25) is 0 Å². The van der Waals surface area contributed by atoms with Crippen LogP contribution in [0.1, 0.15) is 22.3 Å². The lowest BCUT2D eigenvalue weighted by Gasteiger charge is -2.11. The first-order valence-electron chi connectivity index (χ1n) is 9.26. The van der Waals surface area contributed by atoms with Gasteiger partial charge in [0.2, 0.25) is 0 Å². The largest absolute Gasteiger partial charge is 0.508 e. The predicted octanol–water partition coefficient (Wildman–Crippen LogP) is 6.24. The zero-order chi connectivity index (χ0) is 18.5. The average Bonchev–Trinajstić information content (AvgIpc) is 2.69. The molecule has 27 heavy (non-hydrogen) atoms. The number of rotatable bonds is 5. The van der Waals surface area contributed by atoms with E-state index in [0.717, 1.165) is 24.0 Å². The zero-order valence-electron chi connectivity index (χ0n) is 15.2. The highest BCUT2D eigenvalue weighted by Gasteiger charge is 2.06. The van der Waals surface area contributed by atoms with Gasteiger partial charge in [0.05, 0.1) is 0 Å². The van der Waals surface area contributed by atoms with Gasteiger partial charge in [-0.15, -0.1) is 0 Å². The Morgan fingerprint density at radius 1 is 0.444 bits per heavy atom. The van der Waals surface area contributed by atoms with Crippen LogP contribution in [0, 0.1) is 0 Å². The highest BCUT2D eigenvalue weighted by atomic mass is 16.3. The summed E-state index contributed by atoms with van der Waals surface area (Å²) in [6, 6.07) is 35.3. The van der Waals surface area contributed by atoms with Crippen molar-refractivity contribution in [3.05, 3.63) is 125 Å². The highest BCUT2D eigenvalue weighted by Crippen LogP contribution is 2.27. The van der Waals surface area contributed by atoms with E-state index in [2.05, 4.69) is 66.7 Å². The minimum absolute atomic E-state index is 0.297. The molecule has 0 radical (unpaired) electrons. The van der Waals surface area contributed by atoms with Gasteiger partial charge in [-0.3, -0.25) is 0 Å². The van der Waals surface area contributed by atoms with Gasteiger partial charge in [0.1, 0.15) is 5.75 Å². The van der Waals surface area contributed by atoms with Crippen molar-refractivity contribution in [1.29, 1.82) is 0 Å². The molecular weight excluding hydrogens is 328 g/mol. The van der Waals surface area contributed by atoms with Gasteiger partial charge >= 0.3 is 0 Å². The highest BCUT2D eigenvalue weighted by molar-refractivity contribution is 5.67. The topological polar surface area (TPSA) is 20.2 Å². The standard InChI is InChI=1S/C26H22O/c27-26-13-7-12-24(19-26)25-17-22(14-20-8-3-1-4-9-20)16-23(18-25)15-21-10-5-2-6-11-21/h1-13,16-19,27H,14-15H2. The van der Waals surface area contributed by atoms with Crippen molar-refractivity contribution in [2.45, 2.75) is 12.8 Å². The van der Waals surface area contributed by atoms with E-state index in [1.807, 2.05) is 30.3 Å². The van der Waals surface area contributed by atoms with Gasteiger partial charge in [0, 0.05) is 0 Å². The lowest BCUT2D eigenvalue weighted by Crippen LogP contribution is -1.95. The van der Waals surface area contributed by atoms with E-state index >= 15 is 0 Å². The maximum absolute atomic E-state index is 9.88. The van der Waals surface area contributed by atoms with Gasteiger partial charge in [-0.1, -0.05) is 91.0 Å². The number of hydrogen-bond donors (Lipinski definition) is 1. The van der Waals surface area contributed by atoms with Crippen molar-refractivity contribution in [3.63, 3.8) is 0 Å². The van der Waals surface area contributed by atoms with Crippen molar-refractivity contribution >= 4 is 0 Å². The van der Waals surface area contributed by atoms with Gasteiger partial charge in [0.25, 0.3) is 0 Å². The van der Waals surface area contributed by atoms with Crippen molar-refractivity contribution in [2.75, 3.05) is 0 Å². The third-order valence-electron chi connectivity index (χ3n) is 4.73. The molecule has 4 rings (SSSR count). The Kier molecular flexibility index (Phi) is 5.02. The second-order valence-electron chi connectivity index (χ2n) is 6.91. The summed E-state index contributed by atoms with van der Waals surface area (Å²) in [5.41, 5.74) is 7.36. The Bertz CT molecular complexity index is 961. The second kappa shape index (κ2) is 7.92. The Balaban J connectivity index is 1.73. The summed E-state index contributed by atoms with van der Waals surface area (Å²) >= 11 is 0. The lowest BCUT2D eigenvalue weighted by atomic mass is 9.94. The van der Waals surface area contributed by atoms with E-state index < -0.39 is 0 Å². The molecule has 4 aromatic rings. The second-order valence-corrected chi connectivity index (χ2v) is 6.91. The van der Waals surface area contributed by atoms with E-state index in [1.54, 1.807) is 6.07 Å². The minimum atomic E-state index is 0.297. The molecule has 132 valence electrons. The first-order chi connectivity index (χ1) is 13.3. The molecule has 1 nitrogen and oxygen atoms in total. The first kappa shape index (κ1) is 17.1. The van der Waals surface area contributed by atoms with Gasteiger partial charge in [-0.05, 0) is 58.4 Å². The molecule has 4 aromatic carbocycles. The molecule has 0 fully saturated rings. The first-order valence-corrected chi connectivity index (χ1v) is 9.26. The van der Waals surface area contributed by atoms with Gasteiger partial charge < -0.3 is 5.11 Å². The van der Waals surface area contributed by atoms with Crippen LogP contribution in [-0.2, 0) is 12.8 Å². The minimum Gasteiger partial charge on any atom is -0.508 e. The van der Waals surface area contributed by atoms with Crippen LogP contribution in [0.25, 0.3) is 11.1 Å². The van der Waals surface area contributed by atoms with Crippen LogP contribution in [0.5, 0.6) is 5.75 Å². The van der Waals surface area contributed by atoms with Crippen LogP contribution in [0.3, 0.4) is 0 Å². The molecule has 0 atom stereocenters. The van der Waals surface area contributed by atoms with Crippen molar-refractivity contribution < 1.29 is 5.11 Å². The van der Waals surface area contributed by atoms with Crippen molar-refractivity contribution in [1.82, 2.24) is 0 Å². The summed E-state index contributed by atoms with van der Waals surface area (Å²) in [4.78, 5) is 0. The summed E-state index contributed by atoms with van der Waals surface area (Å²) in [6.07, 6.45) is 1.80. The molecule has 1 N–H and O–H groups in total. The third-order valence-corrected chi connectivity index (χ3v) is 4.73. The number of hydrogen-bond acceptors (Lipinski definition) is 1. The molecule has 0 aliphatic carbocycles. The van der Waals surface area contributed by atoms with Crippen LogP contribution in [-0.4, -0.2) is 5.11 Å².